The van der Waals surface area contributed by atoms with Crippen molar-refractivity contribution in [1.29, 1.82) is 0 Å². The summed E-state index contributed by atoms with van der Waals surface area (Å²) >= 11 is 0. The van der Waals surface area contributed by atoms with Crippen LogP contribution in [0.25, 0.3) is 44.9 Å². The van der Waals surface area contributed by atoms with Gasteiger partial charge in [-0.1, -0.05) is 162 Å². The Morgan fingerprint density at radius 3 is 1.73 bits per heavy atom. The van der Waals surface area contributed by atoms with Gasteiger partial charge >= 0.3 is 6.98 Å². The van der Waals surface area contributed by atoms with Crippen LogP contribution in [0.15, 0.2) is 134 Å². The van der Waals surface area contributed by atoms with Crippen LogP contribution in [0.2, 0.25) is 0 Å². The number of anilines is 3. The third-order valence-electron chi connectivity index (χ3n) is 12.1. The SMILES string of the molecule is CC(C)(C)c1cc(-c2cc(-c3ccccc3)ccn2)nc(-c2ccnc3c2NB(c2cc(C(C)(C)C)cc(C(C)(C)C)c2O)N3c2ccc(C(C)(C)C)cc2-c2ccccc2)c1. The summed E-state index contributed by atoms with van der Waals surface area (Å²) in [7, 11) is 0. The summed E-state index contributed by atoms with van der Waals surface area (Å²) in [6, 6.07) is 42.8. The van der Waals surface area contributed by atoms with Gasteiger partial charge in [0.2, 0.25) is 0 Å². The molecule has 0 saturated carbocycles. The highest BCUT2D eigenvalue weighted by Gasteiger charge is 2.43. The minimum Gasteiger partial charge on any atom is -0.508 e. The van der Waals surface area contributed by atoms with E-state index in [0.29, 0.717) is 0 Å². The molecule has 4 heterocycles. The molecule has 1 aliphatic heterocycles. The number of hydrogen-bond donors (Lipinski definition) is 2. The zero-order valence-electron chi connectivity index (χ0n) is 38.5. The summed E-state index contributed by atoms with van der Waals surface area (Å²) in [6.45, 7) is 26.2. The highest BCUT2D eigenvalue weighted by molar-refractivity contribution is 6.83. The fraction of sp³-hybridized carbons (Fsp3) is 0.291. The molecule has 6 nitrogen and oxygen atoms in total. The van der Waals surface area contributed by atoms with Gasteiger partial charge in [0.05, 0.1) is 22.8 Å². The Kier molecular flexibility index (Phi) is 10.7. The van der Waals surface area contributed by atoms with Gasteiger partial charge in [0.1, 0.15) is 11.6 Å². The van der Waals surface area contributed by atoms with Crippen molar-refractivity contribution in [1.82, 2.24) is 15.0 Å². The topological polar surface area (TPSA) is 74.2 Å². The predicted octanol–water partition coefficient (Wildman–Crippen LogP) is 13.4. The summed E-state index contributed by atoms with van der Waals surface area (Å²) < 4.78 is 0. The lowest BCUT2D eigenvalue weighted by molar-refractivity contribution is 0.448. The van der Waals surface area contributed by atoms with E-state index in [2.05, 4.69) is 208 Å². The molecule has 62 heavy (non-hydrogen) atoms. The molecule has 0 unspecified atom stereocenters. The van der Waals surface area contributed by atoms with Crippen molar-refractivity contribution in [3.63, 3.8) is 0 Å². The number of phenols is 1. The van der Waals surface area contributed by atoms with Gasteiger partial charge < -0.3 is 15.1 Å². The van der Waals surface area contributed by atoms with E-state index in [1.807, 2.05) is 18.5 Å². The van der Waals surface area contributed by atoms with Gasteiger partial charge in [-0.3, -0.25) is 4.98 Å². The van der Waals surface area contributed by atoms with E-state index in [-0.39, 0.29) is 27.4 Å². The van der Waals surface area contributed by atoms with Crippen molar-refractivity contribution in [3.8, 4) is 50.6 Å². The Balaban J connectivity index is 1.39. The minimum atomic E-state index is -0.514. The lowest BCUT2D eigenvalue weighted by Crippen LogP contribution is -2.49. The van der Waals surface area contributed by atoms with Crippen molar-refractivity contribution in [2.75, 3.05) is 10.0 Å². The molecule has 0 radical (unpaired) electrons. The molecule has 0 atom stereocenters. The van der Waals surface area contributed by atoms with Gasteiger partial charge in [-0.25, -0.2) is 9.97 Å². The van der Waals surface area contributed by atoms with E-state index in [4.69, 9.17) is 15.0 Å². The molecule has 2 N–H and O–H groups in total. The maximum Gasteiger partial charge on any atom is 0.418 e. The van der Waals surface area contributed by atoms with Crippen molar-refractivity contribution in [2.24, 2.45) is 0 Å². The summed E-state index contributed by atoms with van der Waals surface area (Å²) in [5.41, 5.74) is 14.1. The molecule has 7 aromatic rings. The third-order valence-corrected chi connectivity index (χ3v) is 12.1. The summed E-state index contributed by atoms with van der Waals surface area (Å²) in [5, 5.41) is 16.5. The van der Waals surface area contributed by atoms with Crippen LogP contribution in [0.3, 0.4) is 0 Å². The smallest absolute Gasteiger partial charge is 0.418 e. The summed E-state index contributed by atoms with van der Waals surface area (Å²) in [4.78, 5) is 17.8. The number of pyridine rings is 3. The lowest BCUT2D eigenvalue weighted by Gasteiger charge is -2.32. The molecule has 7 heteroatoms. The quantitative estimate of drug-likeness (QED) is 0.163. The molecule has 0 bridgehead atoms. The zero-order valence-corrected chi connectivity index (χ0v) is 38.5. The van der Waals surface area contributed by atoms with Gasteiger partial charge in [-0.2, -0.15) is 0 Å². The van der Waals surface area contributed by atoms with Gasteiger partial charge in [0.15, 0.2) is 0 Å². The normalized spacial score (nSPS) is 13.3. The second-order valence-electron chi connectivity index (χ2n) is 21.0. The minimum absolute atomic E-state index is 0.0775. The molecule has 1 aliphatic rings. The third kappa shape index (κ3) is 8.25. The first-order valence-electron chi connectivity index (χ1n) is 21.9. The van der Waals surface area contributed by atoms with Crippen molar-refractivity contribution < 1.29 is 5.11 Å². The van der Waals surface area contributed by atoms with Gasteiger partial charge in [-0.05, 0) is 103 Å². The van der Waals surface area contributed by atoms with Crippen LogP contribution >= 0.6 is 0 Å². The Morgan fingerprint density at radius 1 is 0.500 bits per heavy atom. The van der Waals surface area contributed by atoms with Crippen molar-refractivity contribution in [3.05, 3.63) is 156 Å². The summed E-state index contributed by atoms with van der Waals surface area (Å²) in [5.74, 6) is 1.05. The van der Waals surface area contributed by atoms with E-state index < -0.39 is 6.98 Å². The number of aromatic hydroxyl groups is 1. The maximum atomic E-state index is 12.5. The average molecular weight is 818 g/mol. The molecule has 0 aliphatic carbocycles. The van der Waals surface area contributed by atoms with E-state index in [0.717, 1.165) is 84.2 Å². The van der Waals surface area contributed by atoms with Crippen molar-refractivity contribution in [2.45, 2.75) is 105 Å². The molecule has 4 aromatic carbocycles. The number of nitrogens with one attached hydrogen (secondary N) is 1. The first kappa shape index (κ1) is 42.5. The largest absolute Gasteiger partial charge is 0.508 e. The lowest BCUT2D eigenvalue weighted by atomic mass is 9.63. The molecular weight excluding hydrogens is 757 g/mol. The number of nitrogens with zero attached hydrogens (tertiary/aromatic N) is 4. The number of aromatic nitrogens is 3. The summed E-state index contributed by atoms with van der Waals surface area (Å²) in [6.07, 6.45) is 3.76. The monoisotopic (exact) mass is 817 g/mol. The Morgan fingerprint density at radius 2 is 1.10 bits per heavy atom. The Labute approximate surface area is 369 Å². The first-order chi connectivity index (χ1) is 29.2. The molecule has 314 valence electrons. The highest BCUT2D eigenvalue weighted by atomic mass is 16.3. The number of hydrogen-bond acceptors (Lipinski definition) is 6. The Hall–Kier alpha value is -6.21. The Bertz CT molecular complexity index is 2770. The van der Waals surface area contributed by atoms with Crippen LogP contribution in [-0.2, 0) is 21.7 Å². The zero-order chi connectivity index (χ0) is 44.4. The van der Waals surface area contributed by atoms with Crippen LogP contribution in [0.5, 0.6) is 5.75 Å². The van der Waals surface area contributed by atoms with Crippen LogP contribution in [-0.4, -0.2) is 27.0 Å². The molecule has 3 aromatic heterocycles. The number of fused-ring (bicyclic) bond motifs is 1. The number of phenolic OH excluding ortho intramolecular Hbond substituents is 1. The van der Waals surface area contributed by atoms with E-state index in [1.54, 1.807) is 0 Å². The molecular formula is C55H60BN5O. The molecule has 0 spiro atoms. The maximum absolute atomic E-state index is 12.5. The molecule has 0 fully saturated rings. The van der Waals surface area contributed by atoms with Gasteiger partial charge in [0.25, 0.3) is 0 Å². The predicted molar refractivity (Wildman–Crippen MR) is 262 cm³/mol. The van der Waals surface area contributed by atoms with E-state index >= 15 is 0 Å². The van der Waals surface area contributed by atoms with E-state index in [9.17, 15) is 5.11 Å². The van der Waals surface area contributed by atoms with Crippen LogP contribution in [0.1, 0.15) is 105 Å². The van der Waals surface area contributed by atoms with Gasteiger partial charge in [0, 0.05) is 34.7 Å². The fourth-order valence-corrected chi connectivity index (χ4v) is 8.33. The highest BCUT2D eigenvalue weighted by Crippen LogP contribution is 2.48. The first-order valence-corrected chi connectivity index (χ1v) is 21.9. The number of benzene rings is 4. The number of rotatable bonds is 6. The molecule has 0 saturated heterocycles. The standard InChI is InChI=1S/C55H60BN5O/c1-52(2,3)38-23-24-48(42(30-38)36-21-17-14-18-22-36)61-51-49(60-56(61)44-32-39(53(4,5)6)31-43(50(44)62)55(10,11)12)41(26-28-58-51)45-33-40(54(7,8)9)34-47(59-45)46-29-37(25-27-57-46)35-19-15-13-16-20-35/h13-34,60,62H,1-12H3. The fourth-order valence-electron chi connectivity index (χ4n) is 8.33. The van der Waals surface area contributed by atoms with Gasteiger partial charge in [-0.15, -0.1) is 0 Å². The van der Waals surface area contributed by atoms with Crippen molar-refractivity contribution >= 4 is 29.6 Å². The molecule has 0 amide bonds. The van der Waals surface area contributed by atoms with E-state index in [1.165, 1.54) is 5.56 Å². The van der Waals surface area contributed by atoms with Crippen LogP contribution in [0, 0.1) is 0 Å². The average Bonchev–Trinajstić information content (AvgIpc) is 3.62. The van der Waals surface area contributed by atoms with Crippen LogP contribution in [0.4, 0.5) is 17.2 Å². The second-order valence-corrected chi connectivity index (χ2v) is 21.0. The van der Waals surface area contributed by atoms with Crippen LogP contribution < -0.4 is 15.5 Å². The second kappa shape index (κ2) is 15.6. The molecule has 8 rings (SSSR count).